The molecule has 0 fully saturated rings. The summed E-state index contributed by atoms with van der Waals surface area (Å²) < 4.78 is 31.2. The molecule has 196 valence electrons. The number of rotatable bonds is 9. The van der Waals surface area contributed by atoms with Crippen LogP contribution in [0.2, 0.25) is 0 Å². The first kappa shape index (κ1) is 26.7. The molecule has 0 spiro atoms. The van der Waals surface area contributed by atoms with E-state index in [1.807, 2.05) is 6.07 Å². The molecule has 3 N–H and O–H groups in total. The van der Waals surface area contributed by atoms with E-state index in [0.717, 1.165) is 16.7 Å². The third-order valence-corrected chi connectivity index (χ3v) is 6.52. The highest BCUT2D eigenvalue weighted by Gasteiger charge is 2.22. The van der Waals surface area contributed by atoms with Gasteiger partial charge in [0.1, 0.15) is 11.6 Å². The third-order valence-electron chi connectivity index (χ3n) is 6.52. The molecular weight excluding hydrogens is 492 g/mol. The second kappa shape index (κ2) is 11.4. The van der Waals surface area contributed by atoms with Gasteiger partial charge in [-0.1, -0.05) is 60.7 Å². The van der Waals surface area contributed by atoms with Gasteiger partial charge in [-0.05, 0) is 42.2 Å². The molecule has 0 saturated carbocycles. The summed E-state index contributed by atoms with van der Waals surface area (Å²) in [6.45, 7) is 0.950. The Kier molecular flexibility index (Phi) is 7.97. The molecule has 1 heterocycles. The predicted octanol–water partition coefficient (Wildman–Crippen LogP) is 4.03. The van der Waals surface area contributed by atoms with Crippen LogP contribution < -0.4 is 17.0 Å². The number of aromatic nitrogens is 2. The molecule has 0 aliphatic heterocycles. The van der Waals surface area contributed by atoms with Crippen molar-refractivity contribution >= 4 is 5.97 Å². The molecule has 4 aromatic rings. The van der Waals surface area contributed by atoms with Crippen molar-refractivity contribution in [3.63, 3.8) is 0 Å². The second-order valence-corrected chi connectivity index (χ2v) is 9.06. The number of carboxylic acids is 1. The number of hydrogen-bond donors (Lipinski definition) is 2. The molecule has 0 aliphatic carbocycles. The summed E-state index contributed by atoms with van der Waals surface area (Å²) in [6.07, 6.45) is 0.153. The smallest absolute Gasteiger partial charge is 0.331 e. The lowest BCUT2D eigenvalue weighted by Crippen LogP contribution is -2.44. The zero-order chi connectivity index (χ0) is 27.4. The average Bonchev–Trinajstić information content (AvgIpc) is 2.90. The van der Waals surface area contributed by atoms with Crippen molar-refractivity contribution in [3.8, 4) is 11.1 Å². The van der Waals surface area contributed by atoms with Crippen LogP contribution in [0.1, 0.15) is 34.8 Å². The van der Waals surface area contributed by atoms with E-state index in [1.54, 1.807) is 55.5 Å². The zero-order valence-corrected chi connectivity index (χ0v) is 20.7. The molecule has 0 saturated heterocycles. The Balaban J connectivity index is 1.90. The van der Waals surface area contributed by atoms with Gasteiger partial charge in [0.25, 0.3) is 5.56 Å². The maximum atomic E-state index is 14.5. The minimum Gasteiger partial charge on any atom is -0.481 e. The third kappa shape index (κ3) is 5.63. The molecule has 0 bridgehead atoms. The summed E-state index contributed by atoms with van der Waals surface area (Å²) in [4.78, 5) is 38.4. The van der Waals surface area contributed by atoms with Crippen molar-refractivity contribution in [3.05, 3.63) is 128 Å². The minimum atomic E-state index is -0.954. The van der Waals surface area contributed by atoms with Crippen molar-refractivity contribution in [1.29, 1.82) is 0 Å². The molecular formula is C29H27F2N3O4. The largest absolute Gasteiger partial charge is 0.481 e. The van der Waals surface area contributed by atoms with Crippen LogP contribution in [0.4, 0.5) is 8.78 Å². The highest BCUT2D eigenvalue weighted by Crippen LogP contribution is 2.23. The predicted molar refractivity (Wildman–Crippen MR) is 140 cm³/mol. The standard InChI is InChI=1S/C29H27F2N3O4/c1-18-27(21-10-5-7-19(15-21)13-14-26(35)36)28(37)34(17-25(32)20-8-3-2-4-9-20)29(38)33(18)16-22-23(30)11-6-12-24(22)31/h2-12,15,25H,13-14,16-17,32H2,1H3,(H,35,36)/t25-/m0/s1. The van der Waals surface area contributed by atoms with Gasteiger partial charge in [0.05, 0.1) is 18.7 Å². The molecule has 9 heteroatoms. The topological polar surface area (TPSA) is 107 Å². The summed E-state index contributed by atoms with van der Waals surface area (Å²) in [5.74, 6) is -2.58. The van der Waals surface area contributed by atoms with Gasteiger partial charge in [0.2, 0.25) is 0 Å². The monoisotopic (exact) mass is 519 g/mol. The summed E-state index contributed by atoms with van der Waals surface area (Å²) in [7, 11) is 0. The van der Waals surface area contributed by atoms with Gasteiger partial charge in [-0.15, -0.1) is 0 Å². The summed E-state index contributed by atoms with van der Waals surface area (Å²) >= 11 is 0. The van der Waals surface area contributed by atoms with Crippen LogP contribution >= 0.6 is 0 Å². The van der Waals surface area contributed by atoms with E-state index in [2.05, 4.69) is 0 Å². The number of halogens is 2. The molecule has 38 heavy (non-hydrogen) atoms. The van der Waals surface area contributed by atoms with Crippen molar-refractivity contribution < 1.29 is 18.7 Å². The lowest BCUT2D eigenvalue weighted by Gasteiger charge is -2.20. The van der Waals surface area contributed by atoms with Gasteiger partial charge in [-0.25, -0.2) is 13.6 Å². The van der Waals surface area contributed by atoms with E-state index in [1.165, 1.54) is 10.6 Å². The van der Waals surface area contributed by atoms with Crippen LogP contribution in [-0.4, -0.2) is 20.2 Å². The molecule has 3 aromatic carbocycles. The Bertz CT molecular complexity index is 1580. The summed E-state index contributed by atoms with van der Waals surface area (Å²) in [5.41, 5.74) is 6.95. The SMILES string of the molecule is Cc1c(-c2cccc(CCC(=O)O)c2)c(=O)n(C[C@H](N)c2ccccc2)c(=O)n1Cc1c(F)cccc1F. The maximum Gasteiger partial charge on any atom is 0.331 e. The molecule has 0 unspecified atom stereocenters. The minimum absolute atomic E-state index is 0.0926. The summed E-state index contributed by atoms with van der Waals surface area (Å²) in [5, 5.41) is 9.05. The van der Waals surface area contributed by atoms with Crippen LogP contribution in [0.5, 0.6) is 0 Å². The quantitative estimate of drug-likeness (QED) is 0.347. The Morgan fingerprint density at radius 1 is 0.947 bits per heavy atom. The Hall–Kier alpha value is -4.37. The Morgan fingerprint density at radius 2 is 1.61 bits per heavy atom. The van der Waals surface area contributed by atoms with Crippen molar-refractivity contribution in [2.75, 3.05) is 0 Å². The molecule has 0 radical (unpaired) electrons. The number of carbonyl (C=O) groups is 1. The van der Waals surface area contributed by atoms with Gasteiger partial charge in [-0.3, -0.25) is 18.7 Å². The van der Waals surface area contributed by atoms with E-state index in [4.69, 9.17) is 10.8 Å². The van der Waals surface area contributed by atoms with Crippen LogP contribution in [0.3, 0.4) is 0 Å². The maximum absolute atomic E-state index is 14.5. The van der Waals surface area contributed by atoms with Crippen LogP contribution in [0.15, 0.2) is 82.4 Å². The zero-order valence-electron chi connectivity index (χ0n) is 20.7. The fourth-order valence-electron chi connectivity index (χ4n) is 4.46. The van der Waals surface area contributed by atoms with E-state index in [-0.39, 0.29) is 36.2 Å². The van der Waals surface area contributed by atoms with Crippen molar-refractivity contribution in [2.24, 2.45) is 5.73 Å². The Labute approximate surface area is 217 Å². The average molecular weight is 520 g/mol. The first-order valence-electron chi connectivity index (χ1n) is 12.1. The fraction of sp³-hybridized carbons (Fsp3) is 0.207. The number of aliphatic carboxylic acids is 1. The number of aryl methyl sites for hydroxylation is 1. The van der Waals surface area contributed by atoms with E-state index in [9.17, 15) is 23.2 Å². The van der Waals surface area contributed by atoms with Crippen molar-refractivity contribution in [2.45, 2.75) is 38.9 Å². The van der Waals surface area contributed by atoms with E-state index >= 15 is 0 Å². The molecule has 0 amide bonds. The first-order valence-corrected chi connectivity index (χ1v) is 12.1. The van der Waals surface area contributed by atoms with Crippen LogP contribution in [0.25, 0.3) is 11.1 Å². The number of nitrogens with two attached hydrogens (primary N) is 1. The molecule has 1 aromatic heterocycles. The normalized spacial score (nSPS) is 11.9. The molecule has 7 nitrogen and oxygen atoms in total. The Morgan fingerprint density at radius 3 is 2.26 bits per heavy atom. The van der Waals surface area contributed by atoms with Gasteiger partial charge in [0.15, 0.2) is 0 Å². The van der Waals surface area contributed by atoms with E-state index < -0.39 is 41.4 Å². The van der Waals surface area contributed by atoms with Crippen LogP contribution in [0, 0.1) is 18.6 Å². The number of hydrogen-bond acceptors (Lipinski definition) is 4. The number of nitrogens with zero attached hydrogens (tertiary/aromatic N) is 2. The van der Waals surface area contributed by atoms with Gasteiger partial charge < -0.3 is 10.8 Å². The van der Waals surface area contributed by atoms with Gasteiger partial charge in [0, 0.05) is 23.7 Å². The highest BCUT2D eigenvalue weighted by atomic mass is 19.1. The van der Waals surface area contributed by atoms with Gasteiger partial charge in [-0.2, -0.15) is 0 Å². The summed E-state index contributed by atoms with van der Waals surface area (Å²) in [6, 6.07) is 18.5. The van der Waals surface area contributed by atoms with Gasteiger partial charge >= 0.3 is 11.7 Å². The van der Waals surface area contributed by atoms with E-state index in [0.29, 0.717) is 16.7 Å². The first-order chi connectivity index (χ1) is 18.2. The molecule has 1 atom stereocenters. The van der Waals surface area contributed by atoms with Crippen LogP contribution in [-0.2, 0) is 24.3 Å². The highest BCUT2D eigenvalue weighted by molar-refractivity contribution is 5.68. The lowest BCUT2D eigenvalue weighted by atomic mass is 10.00. The van der Waals surface area contributed by atoms with Crippen molar-refractivity contribution in [1.82, 2.24) is 9.13 Å². The second-order valence-electron chi connectivity index (χ2n) is 9.06. The lowest BCUT2D eigenvalue weighted by molar-refractivity contribution is -0.136. The molecule has 4 rings (SSSR count). The number of carboxylic acid groups (broad SMARTS) is 1. The molecule has 0 aliphatic rings. The number of benzene rings is 3. The fourth-order valence-corrected chi connectivity index (χ4v) is 4.46.